The summed E-state index contributed by atoms with van der Waals surface area (Å²) in [4.78, 5) is 17.6. The highest BCUT2D eigenvalue weighted by Gasteiger charge is 2.18. The minimum absolute atomic E-state index is 0.129. The molecule has 3 aromatic carbocycles. The molecule has 1 aliphatic rings. The molecule has 1 aliphatic heterocycles. The molecule has 35 heavy (non-hydrogen) atoms. The average molecular weight is 475 g/mol. The van der Waals surface area contributed by atoms with Crippen LogP contribution in [-0.4, -0.2) is 57.2 Å². The Kier molecular flexibility index (Phi) is 8.11. The molecule has 1 saturated heterocycles. The topological polar surface area (TPSA) is 66.1 Å². The van der Waals surface area contributed by atoms with Gasteiger partial charge in [-0.05, 0) is 48.9 Å². The first-order valence-electron chi connectivity index (χ1n) is 12.0. The summed E-state index contributed by atoms with van der Waals surface area (Å²) in [7, 11) is 3.15. The quantitative estimate of drug-likeness (QED) is 0.477. The molecule has 7 nitrogen and oxygen atoms in total. The molecular weight excluding hydrogens is 440 g/mol. The fraction of sp³-hybridized carbons (Fsp3) is 0.321. The van der Waals surface area contributed by atoms with Gasteiger partial charge in [-0.25, -0.2) is 0 Å². The van der Waals surface area contributed by atoms with Crippen LogP contribution in [0.4, 0.5) is 17.1 Å². The minimum Gasteiger partial charge on any atom is -0.493 e. The second-order valence-corrected chi connectivity index (χ2v) is 8.72. The molecule has 0 saturated carbocycles. The third-order valence-corrected chi connectivity index (χ3v) is 6.28. The Hall–Kier alpha value is -3.71. The summed E-state index contributed by atoms with van der Waals surface area (Å²) in [6.45, 7) is 6.94. The maximum absolute atomic E-state index is 12.7. The van der Waals surface area contributed by atoms with Crippen molar-refractivity contribution < 1.29 is 14.3 Å². The largest absolute Gasteiger partial charge is 0.493 e. The van der Waals surface area contributed by atoms with Crippen molar-refractivity contribution in [2.24, 2.45) is 0 Å². The molecule has 1 unspecified atom stereocenters. The van der Waals surface area contributed by atoms with Crippen LogP contribution in [-0.2, 0) is 11.3 Å². The Morgan fingerprint density at radius 3 is 2.17 bits per heavy atom. The van der Waals surface area contributed by atoms with Crippen molar-refractivity contribution in [1.29, 1.82) is 0 Å². The number of hydrogen-bond acceptors (Lipinski definition) is 6. The van der Waals surface area contributed by atoms with Crippen molar-refractivity contribution in [3.05, 3.63) is 78.4 Å². The average Bonchev–Trinajstić information content (AvgIpc) is 2.90. The molecule has 7 heteroatoms. The monoisotopic (exact) mass is 474 g/mol. The van der Waals surface area contributed by atoms with Crippen molar-refractivity contribution in [3.63, 3.8) is 0 Å². The number of nitrogens with zero attached hydrogens (tertiary/aromatic N) is 2. The van der Waals surface area contributed by atoms with Crippen LogP contribution >= 0.6 is 0 Å². The van der Waals surface area contributed by atoms with Crippen LogP contribution in [0.3, 0.4) is 0 Å². The Labute approximate surface area is 207 Å². The van der Waals surface area contributed by atoms with Crippen LogP contribution in [0.5, 0.6) is 11.5 Å². The van der Waals surface area contributed by atoms with E-state index < -0.39 is 6.04 Å². The zero-order valence-corrected chi connectivity index (χ0v) is 20.7. The minimum atomic E-state index is -0.407. The summed E-state index contributed by atoms with van der Waals surface area (Å²) in [5.74, 6) is 1.06. The highest BCUT2D eigenvalue weighted by atomic mass is 16.5. The van der Waals surface area contributed by atoms with Crippen LogP contribution in [0.15, 0.2) is 72.8 Å². The number of piperazine rings is 1. The number of hydrogen-bond donors (Lipinski definition) is 2. The SMILES string of the molecule is COc1ccc(NC(=O)C(C)Nc2ccc(N3CCN(Cc4ccccc4)CC3)cc2)cc1OC. The van der Waals surface area contributed by atoms with Gasteiger partial charge in [0.2, 0.25) is 5.91 Å². The van der Waals surface area contributed by atoms with Gasteiger partial charge in [-0.3, -0.25) is 9.69 Å². The third-order valence-electron chi connectivity index (χ3n) is 6.28. The lowest BCUT2D eigenvalue weighted by atomic mass is 10.2. The number of anilines is 3. The summed E-state index contributed by atoms with van der Waals surface area (Å²) in [6, 6.07) is 23.8. The van der Waals surface area contributed by atoms with E-state index in [1.165, 1.54) is 11.3 Å². The molecule has 0 radical (unpaired) electrons. The molecule has 1 heterocycles. The van der Waals surface area contributed by atoms with E-state index >= 15 is 0 Å². The number of ether oxygens (including phenoxy) is 2. The van der Waals surface area contributed by atoms with E-state index in [2.05, 4.69) is 62.9 Å². The van der Waals surface area contributed by atoms with E-state index in [4.69, 9.17) is 9.47 Å². The maximum atomic E-state index is 12.7. The van der Waals surface area contributed by atoms with Crippen LogP contribution < -0.4 is 25.0 Å². The second kappa shape index (κ2) is 11.6. The van der Waals surface area contributed by atoms with Gasteiger partial charge < -0.3 is 25.0 Å². The predicted molar refractivity (Wildman–Crippen MR) is 142 cm³/mol. The highest BCUT2D eigenvalue weighted by Crippen LogP contribution is 2.30. The fourth-order valence-corrected chi connectivity index (χ4v) is 4.25. The summed E-state index contributed by atoms with van der Waals surface area (Å²) in [6.07, 6.45) is 0. The molecule has 1 atom stereocenters. The molecule has 0 aromatic heterocycles. The van der Waals surface area contributed by atoms with E-state index in [0.29, 0.717) is 17.2 Å². The molecule has 2 N–H and O–H groups in total. The first kappa shape index (κ1) is 24.4. The highest BCUT2D eigenvalue weighted by molar-refractivity contribution is 5.96. The zero-order chi connectivity index (χ0) is 24.6. The van der Waals surface area contributed by atoms with Gasteiger partial charge in [-0.2, -0.15) is 0 Å². The van der Waals surface area contributed by atoms with Gasteiger partial charge in [0.25, 0.3) is 0 Å². The standard InChI is InChI=1S/C28H34N4O3/c1-21(28(33)30-24-11-14-26(34-2)27(19-24)35-3)29-23-9-12-25(13-10-23)32-17-15-31(16-18-32)20-22-7-5-4-6-8-22/h4-14,19,21,29H,15-18,20H2,1-3H3,(H,30,33). The summed E-state index contributed by atoms with van der Waals surface area (Å²) in [5.41, 5.74) is 4.13. The first-order valence-corrected chi connectivity index (χ1v) is 12.0. The molecule has 1 fully saturated rings. The number of amides is 1. The van der Waals surface area contributed by atoms with Crippen LogP contribution in [0.2, 0.25) is 0 Å². The van der Waals surface area contributed by atoms with Gasteiger partial charge >= 0.3 is 0 Å². The van der Waals surface area contributed by atoms with Crippen molar-refractivity contribution in [2.75, 3.05) is 55.9 Å². The fourth-order valence-electron chi connectivity index (χ4n) is 4.25. The molecule has 0 aliphatic carbocycles. The molecule has 1 amide bonds. The van der Waals surface area contributed by atoms with Crippen molar-refractivity contribution in [1.82, 2.24) is 4.90 Å². The van der Waals surface area contributed by atoms with E-state index in [1.54, 1.807) is 32.4 Å². The molecule has 184 valence electrons. The van der Waals surface area contributed by atoms with E-state index in [0.717, 1.165) is 38.4 Å². The van der Waals surface area contributed by atoms with E-state index in [1.807, 2.05) is 19.1 Å². The second-order valence-electron chi connectivity index (χ2n) is 8.72. The van der Waals surface area contributed by atoms with Gasteiger partial charge in [0.05, 0.1) is 14.2 Å². The Morgan fingerprint density at radius 1 is 0.857 bits per heavy atom. The summed E-state index contributed by atoms with van der Waals surface area (Å²) >= 11 is 0. The molecule has 4 rings (SSSR count). The molecular formula is C28H34N4O3. The smallest absolute Gasteiger partial charge is 0.246 e. The van der Waals surface area contributed by atoms with Crippen LogP contribution in [0, 0.1) is 0 Å². The normalized spacial score (nSPS) is 14.8. The number of carbonyl (C=O) groups is 1. The number of methoxy groups -OCH3 is 2. The van der Waals surface area contributed by atoms with Gasteiger partial charge in [-0.1, -0.05) is 30.3 Å². The molecule has 3 aromatic rings. The lowest BCUT2D eigenvalue weighted by Gasteiger charge is -2.36. The van der Waals surface area contributed by atoms with Crippen LogP contribution in [0.25, 0.3) is 0 Å². The summed E-state index contributed by atoms with van der Waals surface area (Å²) in [5, 5.41) is 6.21. The van der Waals surface area contributed by atoms with Crippen molar-refractivity contribution in [2.45, 2.75) is 19.5 Å². The van der Waals surface area contributed by atoms with Gasteiger partial charge in [0, 0.05) is 55.9 Å². The number of rotatable bonds is 9. The Bertz CT molecular complexity index is 1100. The molecule has 0 spiro atoms. The summed E-state index contributed by atoms with van der Waals surface area (Å²) < 4.78 is 10.6. The first-order chi connectivity index (χ1) is 17.1. The lowest BCUT2D eigenvalue weighted by Crippen LogP contribution is -2.45. The van der Waals surface area contributed by atoms with Gasteiger partial charge in [0.1, 0.15) is 6.04 Å². The van der Waals surface area contributed by atoms with Gasteiger partial charge in [0.15, 0.2) is 11.5 Å². The van der Waals surface area contributed by atoms with Crippen molar-refractivity contribution >= 4 is 23.0 Å². The maximum Gasteiger partial charge on any atom is 0.246 e. The van der Waals surface area contributed by atoms with E-state index in [9.17, 15) is 4.79 Å². The Morgan fingerprint density at radius 2 is 1.51 bits per heavy atom. The number of carbonyl (C=O) groups excluding carboxylic acids is 1. The lowest BCUT2D eigenvalue weighted by molar-refractivity contribution is -0.116. The molecule has 0 bridgehead atoms. The Balaban J connectivity index is 1.27. The zero-order valence-electron chi connectivity index (χ0n) is 20.7. The number of nitrogens with one attached hydrogen (secondary N) is 2. The van der Waals surface area contributed by atoms with E-state index in [-0.39, 0.29) is 5.91 Å². The predicted octanol–water partition coefficient (Wildman–Crippen LogP) is 4.47. The number of benzene rings is 3. The van der Waals surface area contributed by atoms with Crippen LogP contribution in [0.1, 0.15) is 12.5 Å². The van der Waals surface area contributed by atoms with Crippen molar-refractivity contribution in [3.8, 4) is 11.5 Å². The third kappa shape index (κ3) is 6.45. The van der Waals surface area contributed by atoms with Gasteiger partial charge in [-0.15, -0.1) is 0 Å².